The Bertz CT molecular complexity index is 1400. The quantitative estimate of drug-likeness (QED) is 0.171. The lowest BCUT2D eigenvalue weighted by Gasteiger charge is -2.15. The molecular formula is C25H18F6N2O4. The number of hydrogen-bond acceptors (Lipinski definition) is 5. The van der Waals surface area contributed by atoms with Crippen LogP contribution in [0.2, 0.25) is 0 Å². The molecule has 0 radical (unpaired) electrons. The molecule has 0 saturated carbocycles. The Balaban J connectivity index is 2.26. The standard InChI is InChI=1S/C25H18F6N2O4/c1-3-37-22(34)15(11-32)9-16-13-33(20-6-4-5-19(21(16)20)23(35)36-2)12-14-7-17(24(26,27)28)10-18(8-14)25(29,30)31/h4-10,13H,3,12H2,1-2H3. The minimum absolute atomic E-state index is 0.00571. The number of rotatable bonds is 6. The number of carbonyl (C=O) groups is 2. The Hall–Kier alpha value is -4.27. The number of ether oxygens (including phenoxy) is 2. The lowest BCUT2D eigenvalue weighted by molar-refractivity contribution is -0.143. The summed E-state index contributed by atoms with van der Waals surface area (Å²) in [6.45, 7) is 1.05. The van der Waals surface area contributed by atoms with Crippen molar-refractivity contribution in [1.82, 2.24) is 4.57 Å². The molecule has 1 aromatic heterocycles. The average Bonchev–Trinajstić information content (AvgIpc) is 3.17. The number of methoxy groups -OCH3 is 1. The highest BCUT2D eigenvalue weighted by atomic mass is 19.4. The van der Waals surface area contributed by atoms with Crippen LogP contribution in [0.1, 0.15) is 39.5 Å². The van der Waals surface area contributed by atoms with Crippen molar-refractivity contribution in [3.05, 3.63) is 76.0 Å². The van der Waals surface area contributed by atoms with Gasteiger partial charge in [0.15, 0.2) is 0 Å². The molecule has 0 saturated heterocycles. The van der Waals surface area contributed by atoms with Gasteiger partial charge >= 0.3 is 24.3 Å². The van der Waals surface area contributed by atoms with Crippen molar-refractivity contribution >= 4 is 28.9 Å². The molecule has 0 N–H and O–H groups in total. The second-order valence-electron chi connectivity index (χ2n) is 7.71. The first-order valence-corrected chi connectivity index (χ1v) is 10.6. The molecule has 0 fully saturated rings. The summed E-state index contributed by atoms with van der Waals surface area (Å²) < 4.78 is 90.9. The van der Waals surface area contributed by atoms with Gasteiger partial charge in [-0.3, -0.25) is 0 Å². The third-order valence-corrected chi connectivity index (χ3v) is 5.26. The summed E-state index contributed by atoms with van der Waals surface area (Å²) in [5, 5.41) is 9.58. The molecule has 0 aliphatic heterocycles. The fourth-order valence-corrected chi connectivity index (χ4v) is 3.71. The van der Waals surface area contributed by atoms with Gasteiger partial charge in [-0.2, -0.15) is 31.6 Å². The average molecular weight is 524 g/mol. The van der Waals surface area contributed by atoms with E-state index in [1.54, 1.807) is 6.07 Å². The molecule has 0 bridgehead atoms. The van der Waals surface area contributed by atoms with Gasteiger partial charge in [-0.05, 0) is 48.9 Å². The van der Waals surface area contributed by atoms with Gasteiger partial charge in [0.1, 0.15) is 11.6 Å². The Labute approximate surface area is 206 Å². The molecule has 0 aliphatic rings. The van der Waals surface area contributed by atoms with E-state index in [9.17, 15) is 41.2 Å². The molecule has 0 spiro atoms. The fraction of sp³-hybridized carbons (Fsp3) is 0.240. The number of esters is 2. The van der Waals surface area contributed by atoms with Crippen LogP contribution in [0.25, 0.3) is 17.0 Å². The van der Waals surface area contributed by atoms with E-state index in [0.29, 0.717) is 12.1 Å². The summed E-state index contributed by atoms with van der Waals surface area (Å²) in [6, 6.07) is 7.22. The van der Waals surface area contributed by atoms with Gasteiger partial charge in [-0.1, -0.05) is 6.07 Å². The minimum atomic E-state index is -5.03. The number of aromatic nitrogens is 1. The summed E-state index contributed by atoms with van der Waals surface area (Å²) in [4.78, 5) is 24.5. The smallest absolute Gasteiger partial charge is 0.416 e. The molecule has 6 nitrogen and oxygen atoms in total. The van der Waals surface area contributed by atoms with Gasteiger partial charge in [0.05, 0.1) is 30.4 Å². The molecule has 0 atom stereocenters. The number of nitriles is 1. The van der Waals surface area contributed by atoms with Crippen molar-refractivity contribution in [3.8, 4) is 6.07 Å². The van der Waals surface area contributed by atoms with Crippen molar-refractivity contribution in [2.45, 2.75) is 25.8 Å². The van der Waals surface area contributed by atoms with Crippen molar-refractivity contribution in [1.29, 1.82) is 5.26 Å². The predicted molar refractivity (Wildman–Crippen MR) is 119 cm³/mol. The number of fused-ring (bicyclic) bond motifs is 1. The fourth-order valence-electron chi connectivity index (χ4n) is 3.71. The van der Waals surface area contributed by atoms with E-state index in [1.807, 2.05) is 0 Å². The molecule has 0 amide bonds. The predicted octanol–water partition coefficient (Wildman–Crippen LogP) is 5.98. The van der Waals surface area contributed by atoms with Crippen LogP contribution in [0, 0.1) is 11.3 Å². The van der Waals surface area contributed by atoms with E-state index < -0.39 is 47.5 Å². The second-order valence-corrected chi connectivity index (χ2v) is 7.71. The van der Waals surface area contributed by atoms with E-state index >= 15 is 0 Å². The Morgan fingerprint density at radius 3 is 2.19 bits per heavy atom. The van der Waals surface area contributed by atoms with Crippen molar-refractivity contribution < 1.29 is 45.4 Å². The molecule has 1 heterocycles. The van der Waals surface area contributed by atoms with Crippen LogP contribution in [0.15, 0.2) is 48.2 Å². The summed E-state index contributed by atoms with van der Waals surface area (Å²) in [6.07, 6.45) is -7.62. The molecule has 3 rings (SSSR count). The Kier molecular flexibility index (Phi) is 7.66. The highest BCUT2D eigenvalue weighted by Crippen LogP contribution is 2.37. The lowest BCUT2D eigenvalue weighted by Crippen LogP contribution is -2.12. The summed E-state index contributed by atoms with van der Waals surface area (Å²) in [5.74, 6) is -1.74. The first-order chi connectivity index (χ1) is 17.3. The maximum Gasteiger partial charge on any atom is 0.416 e. The Morgan fingerprint density at radius 1 is 1.05 bits per heavy atom. The van der Waals surface area contributed by atoms with Gasteiger partial charge in [0.25, 0.3) is 0 Å². The van der Waals surface area contributed by atoms with Crippen LogP contribution in [0.3, 0.4) is 0 Å². The van der Waals surface area contributed by atoms with E-state index in [4.69, 9.17) is 9.47 Å². The second kappa shape index (κ2) is 10.4. The summed E-state index contributed by atoms with van der Waals surface area (Å²) in [7, 11) is 1.12. The van der Waals surface area contributed by atoms with Gasteiger partial charge < -0.3 is 14.0 Å². The molecule has 3 aromatic rings. The highest BCUT2D eigenvalue weighted by Gasteiger charge is 2.37. The van der Waals surface area contributed by atoms with Crippen LogP contribution < -0.4 is 0 Å². The SMILES string of the molecule is CCOC(=O)C(C#N)=Cc1cn(Cc2cc(C(F)(F)F)cc(C(F)(F)F)c2)c2cccc(C(=O)OC)c12. The maximum absolute atomic E-state index is 13.3. The first-order valence-electron chi connectivity index (χ1n) is 10.6. The number of carbonyl (C=O) groups excluding carboxylic acids is 2. The van der Waals surface area contributed by atoms with Crippen LogP contribution in [-0.4, -0.2) is 30.2 Å². The van der Waals surface area contributed by atoms with E-state index in [1.165, 1.54) is 35.9 Å². The van der Waals surface area contributed by atoms with Crippen LogP contribution >= 0.6 is 0 Å². The minimum Gasteiger partial charge on any atom is -0.465 e. The third-order valence-electron chi connectivity index (χ3n) is 5.26. The van der Waals surface area contributed by atoms with Crippen LogP contribution in [0.5, 0.6) is 0 Å². The van der Waals surface area contributed by atoms with Crippen LogP contribution in [-0.2, 0) is 33.2 Å². The van der Waals surface area contributed by atoms with Crippen LogP contribution in [0.4, 0.5) is 26.3 Å². The zero-order valence-electron chi connectivity index (χ0n) is 19.3. The first kappa shape index (κ1) is 27.3. The molecule has 37 heavy (non-hydrogen) atoms. The molecular weight excluding hydrogens is 506 g/mol. The number of hydrogen-bond donors (Lipinski definition) is 0. The summed E-state index contributed by atoms with van der Waals surface area (Å²) >= 11 is 0. The van der Waals surface area contributed by atoms with E-state index in [0.717, 1.165) is 13.2 Å². The number of alkyl halides is 6. The van der Waals surface area contributed by atoms with E-state index in [2.05, 4.69) is 0 Å². The number of benzene rings is 2. The zero-order chi connectivity index (χ0) is 27.5. The van der Waals surface area contributed by atoms with Gasteiger partial charge in [0.2, 0.25) is 0 Å². The highest BCUT2D eigenvalue weighted by molar-refractivity contribution is 6.09. The number of halogens is 6. The molecule has 12 heteroatoms. The van der Waals surface area contributed by atoms with Crippen molar-refractivity contribution in [2.24, 2.45) is 0 Å². The largest absolute Gasteiger partial charge is 0.465 e. The maximum atomic E-state index is 13.3. The van der Waals surface area contributed by atoms with Gasteiger partial charge in [0, 0.05) is 29.2 Å². The lowest BCUT2D eigenvalue weighted by atomic mass is 10.0. The zero-order valence-corrected chi connectivity index (χ0v) is 19.3. The topological polar surface area (TPSA) is 81.3 Å². The monoisotopic (exact) mass is 524 g/mol. The molecule has 0 unspecified atom stereocenters. The third kappa shape index (κ3) is 5.94. The van der Waals surface area contributed by atoms with E-state index in [-0.39, 0.29) is 40.3 Å². The van der Waals surface area contributed by atoms with Gasteiger partial charge in [-0.15, -0.1) is 0 Å². The summed E-state index contributed by atoms with van der Waals surface area (Å²) in [5.41, 5.74) is -3.32. The Morgan fingerprint density at radius 2 is 1.68 bits per heavy atom. The van der Waals surface area contributed by atoms with Crippen molar-refractivity contribution in [2.75, 3.05) is 13.7 Å². The van der Waals surface area contributed by atoms with Gasteiger partial charge in [-0.25, -0.2) is 9.59 Å². The molecule has 0 aliphatic carbocycles. The number of nitrogens with zero attached hydrogens (tertiary/aromatic N) is 2. The molecule has 2 aromatic carbocycles. The van der Waals surface area contributed by atoms with Crippen molar-refractivity contribution in [3.63, 3.8) is 0 Å². The normalized spacial score (nSPS) is 12.4. The molecule has 194 valence electrons.